The predicted molar refractivity (Wildman–Crippen MR) is 123 cm³/mol. The number of hydrogen-bond acceptors (Lipinski definition) is 4. The number of sulfonamides is 1. The molecule has 1 aliphatic rings. The van der Waals surface area contributed by atoms with Crippen LogP contribution in [0.2, 0.25) is 0 Å². The number of benzene rings is 3. The summed E-state index contributed by atoms with van der Waals surface area (Å²) in [5.74, 6) is -0.384. The fourth-order valence-corrected chi connectivity index (χ4v) is 5.60. The maximum Gasteiger partial charge on any atom is 0.322 e. The fourth-order valence-electron chi connectivity index (χ4n) is 3.91. The Morgan fingerprint density at radius 1 is 0.938 bits per heavy atom. The molecule has 0 amide bonds. The smallest absolute Gasteiger partial charge is 0.322 e. The highest BCUT2D eigenvalue weighted by Gasteiger charge is 2.38. The van der Waals surface area contributed by atoms with Crippen LogP contribution in [0.3, 0.4) is 0 Å². The third-order valence-corrected chi connectivity index (χ3v) is 7.47. The van der Waals surface area contributed by atoms with Crippen molar-refractivity contribution in [2.45, 2.75) is 32.0 Å². The lowest BCUT2D eigenvalue weighted by molar-refractivity contribution is -0.142. The van der Waals surface area contributed by atoms with Crippen molar-refractivity contribution in [1.29, 1.82) is 0 Å². The molecule has 166 valence electrons. The molecular weight excluding hydrogens is 426 g/mol. The normalized spacial score (nSPS) is 18.2. The summed E-state index contributed by atoms with van der Waals surface area (Å²) in [6, 6.07) is 24.3. The van der Waals surface area contributed by atoms with Gasteiger partial charge in [0.2, 0.25) is 10.0 Å². The van der Waals surface area contributed by atoms with Gasteiger partial charge in [0.15, 0.2) is 0 Å². The summed E-state index contributed by atoms with van der Waals surface area (Å²) < 4.78 is 31.9. The quantitative estimate of drug-likeness (QED) is 0.579. The lowest BCUT2D eigenvalue weighted by Crippen LogP contribution is -2.48. The minimum atomic E-state index is -3.59. The molecule has 1 unspecified atom stereocenters. The van der Waals surface area contributed by atoms with Crippen LogP contribution >= 0.6 is 0 Å². The molecule has 32 heavy (non-hydrogen) atoms. The topological polar surface area (TPSA) is 83.9 Å². The lowest BCUT2D eigenvalue weighted by Gasteiger charge is -2.32. The molecule has 3 aromatic rings. The minimum absolute atomic E-state index is 0.0153. The molecule has 3 aromatic carbocycles. The van der Waals surface area contributed by atoms with E-state index < -0.39 is 22.0 Å². The molecule has 0 aromatic heterocycles. The number of aliphatic carboxylic acids is 1. The fraction of sp³-hybridized carbons (Fsp3) is 0.240. The van der Waals surface area contributed by atoms with Gasteiger partial charge in [0, 0.05) is 6.54 Å². The molecule has 7 heteroatoms. The van der Waals surface area contributed by atoms with Crippen molar-refractivity contribution in [2.75, 3.05) is 5.75 Å². The zero-order valence-electron chi connectivity index (χ0n) is 17.6. The SMILES string of the molecule is O=C(O)C1CCCS(=O)(=O)N1Cc1cccc(COc2ccc(-c3ccccc3)cc2)c1. The number of hydrogen-bond donors (Lipinski definition) is 1. The van der Waals surface area contributed by atoms with E-state index in [9.17, 15) is 18.3 Å². The molecule has 4 rings (SSSR count). The number of carbonyl (C=O) groups is 1. The van der Waals surface area contributed by atoms with Crippen molar-refractivity contribution in [3.63, 3.8) is 0 Å². The molecule has 1 heterocycles. The van der Waals surface area contributed by atoms with Crippen LogP contribution in [0.5, 0.6) is 5.75 Å². The van der Waals surface area contributed by atoms with Crippen LogP contribution in [0.25, 0.3) is 11.1 Å². The molecule has 0 saturated carbocycles. The summed E-state index contributed by atoms with van der Waals surface area (Å²) >= 11 is 0. The van der Waals surface area contributed by atoms with Crippen molar-refractivity contribution in [1.82, 2.24) is 4.31 Å². The highest BCUT2D eigenvalue weighted by molar-refractivity contribution is 7.89. The second kappa shape index (κ2) is 9.54. The average molecular weight is 452 g/mol. The van der Waals surface area contributed by atoms with Gasteiger partial charge in [-0.15, -0.1) is 0 Å². The Morgan fingerprint density at radius 3 is 2.34 bits per heavy atom. The number of carboxylic acids is 1. The molecule has 6 nitrogen and oxygen atoms in total. The van der Waals surface area contributed by atoms with E-state index >= 15 is 0 Å². The average Bonchev–Trinajstić information content (AvgIpc) is 2.80. The molecule has 1 fully saturated rings. The van der Waals surface area contributed by atoms with Crippen molar-refractivity contribution < 1.29 is 23.1 Å². The van der Waals surface area contributed by atoms with Gasteiger partial charge in [-0.25, -0.2) is 8.42 Å². The van der Waals surface area contributed by atoms with E-state index in [1.165, 1.54) is 0 Å². The first kappa shape index (κ1) is 22.0. The highest BCUT2D eigenvalue weighted by atomic mass is 32.2. The minimum Gasteiger partial charge on any atom is -0.489 e. The van der Waals surface area contributed by atoms with Crippen LogP contribution in [0, 0.1) is 0 Å². The third-order valence-electron chi connectivity index (χ3n) is 5.57. The van der Waals surface area contributed by atoms with Crippen LogP contribution in [0.1, 0.15) is 24.0 Å². The Kier molecular flexibility index (Phi) is 6.58. The number of nitrogens with zero attached hydrogens (tertiary/aromatic N) is 1. The van der Waals surface area contributed by atoms with Gasteiger partial charge in [-0.3, -0.25) is 4.79 Å². The Morgan fingerprint density at radius 2 is 1.62 bits per heavy atom. The molecule has 1 aliphatic heterocycles. The first-order valence-corrected chi connectivity index (χ1v) is 12.1. The van der Waals surface area contributed by atoms with Gasteiger partial charge in [-0.1, -0.05) is 66.7 Å². The molecule has 0 aliphatic carbocycles. The van der Waals surface area contributed by atoms with Gasteiger partial charge < -0.3 is 9.84 Å². The summed E-state index contributed by atoms with van der Waals surface area (Å²) in [6.07, 6.45) is 0.698. The molecule has 0 spiro atoms. The van der Waals surface area contributed by atoms with Crippen molar-refractivity contribution in [3.05, 3.63) is 90.0 Å². The maximum absolute atomic E-state index is 12.5. The lowest BCUT2D eigenvalue weighted by atomic mass is 10.1. The Hall–Kier alpha value is -3.16. The second-order valence-corrected chi connectivity index (χ2v) is 9.90. The summed E-state index contributed by atoms with van der Waals surface area (Å²) in [5.41, 5.74) is 3.87. The number of carboxylic acid groups (broad SMARTS) is 1. The van der Waals surface area contributed by atoms with Crippen molar-refractivity contribution in [2.24, 2.45) is 0 Å². The van der Waals surface area contributed by atoms with Gasteiger partial charge in [-0.05, 0) is 47.2 Å². The van der Waals surface area contributed by atoms with E-state index in [0.29, 0.717) is 19.4 Å². The Labute approximate surface area is 188 Å². The number of ether oxygens (including phenoxy) is 1. The van der Waals surface area contributed by atoms with Crippen LogP contribution < -0.4 is 4.74 Å². The summed E-state index contributed by atoms with van der Waals surface area (Å²) in [5, 5.41) is 9.45. The summed E-state index contributed by atoms with van der Waals surface area (Å²) in [6.45, 7) is 0.368. The monoisotopic (exact) mass is 451 g/mol. The standard InChI is InChI=1S/C25H25NO5S/c27-25(28)24-10-5-15-32(29,30)26(24)17-19-6-4-7-20(16-19)18-31-23-13-11-22(12-14-23)21-8-2-1-3-9-21/h1-4,6-9,11-14,16,24H,5,10,15,17-18H2,(H,27,28). The largest absolute Gasteiger partial charge is 0.489 e. The zero-order valence-corrected chi connectivity index (χ0v) is 18.4. The van der Waals surface area contributed by atoms with Crippen LogP contribution in [-0.2, 0) is 28.0 Å². The van der Waals surface area contributed by atoms with Crippen molar-refractivity contribution in [3.8, 4) is 16.9 Å². The summed E-state index contributed by atoms with van der Waals surface area (Å²) in [7, 11) is -3.59. The third kappa shape index (κ3) is 5.18. The molecule has 1 saturated heterocycles. The zero-order chi connectivity index (χ0) is 22.6. The van der Waals surface area contributed by atoms with Crippen LogP contribution in [-0.4, -0.2) is 35.6 Å². The first-order valence-electron chi connectivity index (χ1n) is 10.5. The predicted octanol–water partition coefficient (Wildman–Crippen LogP) is 4.31. The van der Waals surface area contributed by atoms with Crippen molar-refractivity contribution >= 4 is 16.0 Å². The first-order chi connectivity index (χ1) is 15.4. The van der Waals surface area contributed by atoms with Crippen LogP contribution in [0.4, 0.5) is 0 Å². The van der Waals surface area contributed by atoms with E-state index in [2.05, 4.69) is 12.1 Å². The second-order valence-electron chi connectivity index (χ2n) is 7.86. The van der Waals surface area contributed by atoms with Gasteiger partial charge >= 0.3 is 5.97 Å². The van der Waals surface area contributed by atoms with Crippen LogP contribution in [0.15, 0.2) is 78.9 Å². The van der Waals surface area contributed by atoms with E-state index in [1.54, 1.807) is 6.07 Å². The maximum atomic E-state index is 12.5. The highest BCUT2D eigenvalue weighted by Crippen LogP contribution is 2.25. The van der Waals surface area contributed by atoms with E-state index in [-0.39, 0.29) is 12.3 Å². The Bertz CT molecular complexity index is 1180. The van der Waals surface area contributed by atoms with Gasteiger partial charge in [0.05, 0.1) is 5.75 Å². The molecular formula is C25H25NO5S. The van der Waals surface area contributed by atoms with E-state index in [1.807, 2.05) is 60.7 Å². The van der Waals surface area contributed by atoms with Gasteiger partial charge in [0.1, 0.15) is 18.4 Å². The van der Waals surface area contributed by atoms with Gasteiger partial charge in [-0.2, -0.15) is 4.31 Å². The van der Waals surface area contributed by atoms with E-state index in [4.69, 9.17) is 4.74 Å². The molecule has 0 bridgehead atoms. The number of rotatable bonds is 7. The molecule has 0 radical (unpaired) electrons. The Balaban J connectivity index is 1.42. The van der Waals surface area contributed by atoms with Gasteiger partial charge in [0.25, 0.3) is 0 Å². The molecule has 1 atom stereocenters. The van der Waals surface area contributed by atoms with E-state index in [0.717, 1.165) is 32.3 Å². The summed E-state index contributed by atoms with van der Waals surface area (Å²) in [4.78, 5) is 11.6. The molecule has 1 N–H and O–H groups in total.